The molecule has 3 N–H and O–H groups in total. The number of hydrogen-bond donors (Lipinski definition) is 2. The van der Waals surface area contributed by atoms with E-state index in [-0.39, 0.29) is 30.9 Å². The van der Waals surface area contributed by atoms with E-state index in [0.29, 0.717) is 17.9 Å². The Morgan fingerprint density at radius 3 is 2.35 bits per heavy atom. The molecule has 0 aromatic heterocycles. The molecule has 1 aliphatic carbocycles. The zero-order valence-corrected chi connectivity index (χ0v) is 20.9. The lowest BCUT2D eigenvalue weighted by molar-refractivity contribution is -0.136. The average Bonchev–Trinajstić information content (AvgIpc) is 3.53. The molecule has 2 aliphatic heterocycles. The summed E-state index contributed by atoms with van der Waals surface area (Å²) in [4.78, 5) is 43.4. The van der Waals surface area contributed by atoms with Gasteiger partial charge in [0.1, 0.15) is 6.61 Å². The molecule has 8 heteroatoms. The van der Waals surface area contributed by atoms with E-state index >= 15 is 0 Å². The molecule has 3 aliphatic rings. The number of fused-ring (bicyclic) bond motifs is 1. The van der Waals surface area contributed by atoms with Gasteiger partial charge in [0, 0.05) is 24.5 Å². The van der Waals surface area contributed by atoms with Crippen molar-refractivity contribution in [3.63, 3.8) is 0 Å². The minimum atomic E-state index is -0.638. The maximum atomic E-state index is 13.6. The molecule has 2 aromatic carbocycles. The number of ether oxygens (including phenoxy) is 1. The minimum Gasteiger partial charge on any atom is -0.444 e. The zero-order valence-electron chi connectivity index (χ0n) is 20.9. The Morgan fingerprint density at radius 2 is 1.65 bits per heavy atom. The van der Waals surface area contributed by atoms with Crippen LogP contribution in [0.2, 0.25) is 0 Å². The third kappa shape index (κ3) is 5.39. The summed E-state index contributed by atoms with van der Waals surface area (Å²) in [6.07, 6.45) is 6.57. The lowest BCUT2D eigenvalue weighted by Gasteiger charge is -2.33. The second kappa shape index (κ2) is 11.2. The summed E-state index contributed by atoms with van der Waals surface area (Å²) in [6.45, 7) is 0.576. The zero-order chi connectivity index (χ0) is 25.8. The second-order valence-electron chi connectivity index (χ2n) is 10.1. The molecule has 37 heavy (non-hydrogen) atoms. The van der Waals surface area contributed by atoms with Gasteiger partial charge in [-0.1, -0.05) is 67.8 Å². The molecule has 1 saturated carbocycles. The maximum absolute atomic E-state index is 13.6. The van der Waals surface area contributed by atoms with Gasteiger partial charge < -0.3 is 20.7 Å². The summed E-state index contributed by atoms with van der Waals surface area (Å²) >= 11 is 0. The van der Waals surface area contributed by atoms with E-state index in [1.54, 1.807) is 4.90 Å². The van der Waals surface area contributed by atoms with Crippen molar-refractivity contribution in [3.8, 4) is 0 Å². The Kier molecular flexibility index (Phi) is 7.55. The Bertz CT molecular complexity index is 1150. The summed E-state index contributed by atoms with van der Waals surface area (Å²) in [7, 11) is 0. The van der Waals surface area contributed by atoms with Gasteiger partial charge in [0.05, 0.1) is 18.0 Å². The van der Waals surface area contributed by atoms with Crippen molar-refractivity contribution in [1.29, 1.82) is 0 Å². The first-order valence-corrected chi connectivity index (χ1v) is 13.1. The van der Waals surface area contributed by atoms with Gasteiger partial charge in [-0.05, 0) is 42.5 Å². The minimum absolute atomic E-state index is 0.129. The molecule has 2 fully saturated rings. The van der Waals surface area contributed by atoms with Crippen LogP contribution in [0.25, 0.3) is 0 Å². The van der Waals surface area contributed by atoms with Gasteiger partial charge in [-0.15, -0.1) is 0 Å². The fourth-order valence-corrected chi connectivity index (χ4v) is 5.75. The molecule has 194 valence electrons. The van der Waals surface area contributed by atoms with Crippen LogP contribution in [0, 0.1) is 11.8 Å². The number of carbonyl (C=O) groups is 3. The number of anilines is 1. The fourth-order valence-electron chi connectivity index (χ4n) is 5.75. The molecule has 0 bridgehead atoms. The highest BCUT2D eigenvalue weighted by molar-refractivity contribution is 5.95. The van der Waals surface area contributed by atoms with Gasteiger partial charge in [0.15, 0.2) is 0 Å². The normalized spacial score (nSPS) is 22.2. The molecule has 2 heterocycles. The number of nitrogens with two attached hydrogens (primary N) is 1. The van der Waals surface area contributed by atoms with E-state index in [0.717, 1.165) is 31.2 Å². The van der Waals surface area contributed by atoms with E-state index in [4.69, 9.17) is 10.5 Å². The Labute approximate surface area is 217 Å². The summed E-state index contributed by atoms with van der Waals surface area (Å²) in [6, 6.07) is 17.5. The highest BCUT2D eigenvalue weighted by Gasteiger charge is 2.51. The van der Waals surface area contributed by atoms with Crippen LogP contribution in [-0.2, 0) is 20.9 Å². The van der Waals surface area contributed by atoms with Crippen molar-refractivity contribution in [2.24, 2.45) is 17.6 Å². The summed E-state index contributed by atoms with van der Waals surface area (Å²) < 4.78 is 5.59. The molecule has 1 saturated heterocycles. The van der Waals surface area contributed by atoms with Gasteiger partial charge in [-0.25, -0.2) is 4.79 Å². The van der Waals surface area contributed by atoms with E-state index < -0.39 is 24.1 Å². The van der Waals surface area contributed by atoms with Crippen LogP contribution < -0.4 is 11.1 Å². The van der Waals surface area contributed by atoms with Gasteiger partial charge in [-0.2, -0.15) is 0 Å². The van der Waals surface area contributed by atoms with Crippen molar-refractivity contribution in [1.82, 2.24) is 9.80 Å². The number of likely N-dealkylation sites (tertiary alicyclic amines) is 1. The third-order valence-corrected chi connectivity index (χ3v) is 7.74. The van der Waals surface area contributed by atoms with Crippen molar-refractivity contribution in [2.75, 3.05) is 18.4 Å². The molecule has 3 unspecified atom stereocenters. The Balaban J connectivity index is 1.35. The van der Waals surface area contributed by atoms with Crippen molar-refractivity contribution >= 4 is 23.6 Å². The SMILES string of the molecule is NC(C(=O)N1CC=C2C1C(C(=O)Nc1ccccc1)CN2C(=O)OCc1ccccc1)C1CCCCC1. The Morgan fingerprint density at radius 1 is 0.973 bits per heavy atom. The smallest absolute Gasteiger partial charge is 0.414 e. The van der Waals surface area contributed by atoms with E-state index in [1.807, 2.05) is 66.7 Å². The third-order valence-electron chi connectivity index (χ3n) is 7.74. The van der Waals surface area contributed by atoms with E-state index in [2.05, 4.69) is 5.32 Å². The van der Waals surface area contributed by atoms with Crippen LogP contribution in [0.4, 0.5) is 10.5 Å². The summed E-state index contributed by atoms with van der Waals surface area (Å²) in [5.41, 5.74) is 8.66. The van der Waals surface area contributed by atoms with Crippen molar-refractivity contribution in [3.05, 3.63) is 78.0 Å². The monoisotopic (exact) mass is 502 g/mol. The second-order valence-corrected chi connectivity index (χ2v) is 10.1. The number of nitrogens with one attached hydrogen (secondary N) is 1. The van der Waals surface area contributed by atoms with Gasteiger partial charge in [0.2, 0.25) is 11.8 Å². The molecule has 0 radical (unpaired) electrons. The first-order chi connectivity index (χ1) is 18.0. The molecule has 3 amide bonds. The van der Waals surface area contributed by atoms with Crippen LogP contribution in [0.5, 0.6) is 0 Å². The number of hydrogen-bond acceptors (Lipinski definition) is 5. The predicted molar refractivity (Wildman–Crippen MR) is 140 cm³/mol. The van der Waals surface area contributed by atoms with Gasteiger partial charge in [-0.3, -0.25) is 14.5 Å². The predicted octanol–water partition coefficient (Wildman–Crippen LogP) is 3.90. The largest absolute Gasteiger partial charge is 0.444 e. The quantitative estimate of drug-likeness (QED) is 0.624. The first kappa shape index (κ1) is 25.0. The van der Waals surface area contributed by atoms with Gasteiger partial charge in [0.25, 0.3) is 0 Å². The number of nitrogens with zero attached hydrogens (tertiary/aromatic N) is 2. The standard InChI is InChI=1S/C29H34N4O4/c30-25(21-12-6-2-7-13-21)28(35)32-17-16-24-26(32)23(27(34)31-22-14-8-3-9-15-22)18-33(24)29(36)37-19-20-10-4-1-5-11-20/h1,3-5,8-11,14-16,21,23,25-26H,2,6-7,12-13,17-19,30H2,(H,31,34). The average molecular weight is 503 g/mol. The van der Waals surface area contributed by atoms with Crippen molar-refractivity contribution in [2.45, 2.75) is 50.8 Å². The number of benzene rings is 2. The molecule has 3 atom stereocenters. The highest BCUT2D eigenvalue weighted by Crippen LogP contribution is 2.38. The summed E-state index contributed by atoms with van der Waals surface area (Å²) in [5.74, 6) is -0.887. The maximum Gasteiger partial charge on any atom is 0.414 e. The van der Waals surface area contributed by atoms with E-state index in [9.17, 15) is 14.4 Å². The molecule has 5 rings (SSSR count). The lowest BCUT2D eigenvalue weighted by Crippen LogP contribution is -2.52. The number of carbonyl (C=O) groups excluding carboxylic acids is 3. The van der Waals surface area contributed by atoms with E-state index in [1.165, 1.54) is 11.3 Å². The summed E-state index contributed by atoms with van der Waals surface area (Å²) in [5, 5.41) is 2.95. The molecule has 2 aromatic rings. The fraction of sp³-hybridized carbons (Fsp3) is 0.414. The number of amides is 3. The van der Waals surface area contributed by atoms with Crippen molar-refractivity contribution < 1.29 is 19.1 Å². The molecule has 0 spiro atoms. The molecular weight excluding hydrogens is 468 g/mol. The van der Waals surface area contributed by atoms with Crippen LogP contribution in [0.15, 0.2) is 72.4 Å². The van der Waals surface area contributed by atoms with Crippen LogP contribution in [0.1, 0.15) is 37.7 Å². The van der Waals surface area contributed by atoms with Crippen LogP contribution in [0.3, 0.4) is 0 Å². The lowest BCUT2D eigenvalue weighted by atomic mass is 9.83. The molecular formula is C29H34N4O4. The van der Waals surface area contributed by atoms with Gasteiger partial charge >= 0.3 is 6.09 Å². The van der Waals surface area contributed by atoms with Crippen LogP contribution >= 0.6 is 0 Å². The van der Waals surface area contributed by atoms with Crippen LogP contribution in [-0.4, -0.2) is 52.9 Å². The molecule has 8 nitrogen and oxygen atoms in total. The topological polar surface area (TPSA) is 105 Å². The number of rotatable bonds is 6. The number of para-hydroxylation sites is 1. The Hall–Kier alpha value is -3.65. The highest BCUT2D eigenvalue weighted by atomic mass is 16.6. The first-order valence-electron chi connectivity index (χ1n) is 13.1.